The van der Waals surface area contributed by atoms with Crippen LogP contribution >= 0.6 is 0 Å². The summed E-state index contributed by atoms with van der Waals surface area (Å²) < 4.78 is 1.81. The highest BCUT2D eigenvalue weighted by atomic mass is 16.1. The second kappa shape index (κ2) is 8.27. The number of fused-ring (bicyclic) bond motifs is 1. The van der Waals surface area contributed by atoms with Gasteiger partial charge in [0, 0.05) is 17.8 Å². The van der Waals surface area contributed by atoms with E-state index in [0.29, 0.717) is 5.56 Å². The van der Waals surface area contributed by atoms with Gasteiger partial charge in [-0.15, -0.1) is 0 Å². The average Bonchev–Trinajstić information content (AvgIpc) is 3.20. The smallest absolute Gasteiger partial charge is 0.255 e. The molecule has 4 rings (SSSR count). The largest absolute Gasteiger partial charge is 0.345 e. The predicted octanol–water partition coefficient (Wildman–Crippen LogP) is 4.84. The van der Waals surface area contributed by atoms with Crippen LogP contribution in [0, 0.1) is 0 Å². The van der Waals surface area contributed by atoms with Crippen molar-refractivity contribution in [3.8, 4) is 11.3 Å². The molecule has 0 aliphatic carbocycles. The van der Waals surface area contributed by atoms with Crippen LogP contribution in [0.2, 0.25) is 0 Å². The lowest BCUT2D eigenvalue weighted by molar-refractivity contribution is 0.0937. The lowest BCUT2D eigenvalue weighted by Gasteiger charge is -2.16. The van der Waals surface area contributed by atoms with Crippen LogP contribution in [0.3, 0.4) is 0 Å². The number of hydrogen-bond donors (Lipinski definition) is 1. The van der Waals surface area contributed by atoms with Crippen LogP contribution in [0.25, 0.3) is 16.9 Å². The van der Waals surface area contributed by atoms with Crippen molar-refractivity contribution in [2.75, 3.05) is 0 Å². The molecule has 146 valence electrons. The Hall–Kier alpha value is -3.47. The maximum Gasteiger partial charge on any atom is 0.255 e. The van der Waals surface area contributed by atoms with E-state index in [0.717, 1.165) is 41.0 Å². The first kappa shape index (κ1) is 18.9. The molecular weight excluding hydrogens is 360 g/mol. The van der Waals surface area contributed by atoms with Gasteiger partial charge in [0.2, 0.25) is 0 Å². The topological polar surface area (TPSA) is 59.3 Å². The molecule has 2 aromatic heterocycles. The van der Waals surface area contributed by atoms with Crippen LogP contribution in [0.1, 0.15) is 47.9 Å². The number of rotatable bonds is 6. The Kier molecular flexibility index (Phi) is 5.38. The first-order valence-electron chi connectivity index (χ1n) is 9.96. The lowest BCUT2D eigenvalue weighted by Crippen LogP contribution is -2.28. The van der Waals surface area contributed by atoms with Crippen LogP contribution in [0.4, 0.5) is 0 Å². The molecule has 0 saturated carbocycles. The van der Waals surface area contributed by atoms with E-state index in [1.54, 1.807) is 6.20 Å². The SMILES string of the molecule is CCCc1c(C(=O)N[C@@H](C)c2ccccc2)cnc2cc(-c3ccccc3)nn12. The fourth-order valence-electron chi connectivity index (χ4n) is 3.50. The number of benzene rings is 2. The lowest BCUT2D eigenvalue weighted by atomic mass is 10.1. The van der Waals surface area contributed by atoms with E-state index in [4.69, 9.17) is 5.10 Å². The van der Waals surface area contributed by atoms with Gasteiger partial charge >= 0.3 is 0 Å². The van der Waals surface area contributed by atoms with Gasteiger partial charge < -0.3 is 5.32 Å². The first-order valence-corrected chi connectivity index (χ1v) is 9.96. The van der Waals surface area contributed by atoms with Crippen LogP contribution in [-0.4, -0.2) is 20.5 Å². The molecule has 0 fully saturated rings. The van der Waals surface area contributed by atoms with Crippen molar-refractivity contribution in [3.63, 3.8) is 0 Å². The number of carbonyl (C=O) groups excluding carboxylic acids is 1. The molecule has 1 amide bonds. The molecule has 4 aromatic rings. The van der Waals surface area contributed by atoms with Crippen LogP contribution < -0.4 is 5.32 Å². The van der Waals surface area contributed by atoms with E-state index in [9.17, 15) is 4.79 Å². The van der Waals surface area contributed by atoms with E-state index in [-0.39, 0.29) is 11.9 Å². The van der Waals surface area contributed by atoms with Crippen molar-refractivity contribution in [1.82, 2.24) is 19.9 Å². The Labute approximate surface area is 170 Å². The average molecular weight is 384 g/mol. The minimum atomic E-state index is -0.129. The molecule has 5 nitrogen and oxygen atoms in total. The fraction of sp³-hybridized carbons (Fsp3) is 0.208. The highest BCUT2D eigenvalue weighted by Gasteiger charge is 2.19. The summed E-state index contributed by atoms with van der Waals surface area (Å²) in [5, 5.41) is 7.85. The summed E-state index contributed by atoms with van der Waals surface area (Å²) in [6, 6.07) is 21.8. The van der Waals surface area contributed by atoms with Gasteiger partial charge in [-0.25, -0.2) is 9.50 Å². The molecule has 0 saturated heterocycles. The Balaban J connectivity index is 1.70. The monoisotopic (exact) mass is 384 g/mol. The van der Waals surface area contributed by atoms with E-state index in [2.05, 4.69) is 17.2 Å². The number of aromatic nitrogens is 3. The minimum absolute atomic E-state index is 0.0913. The Morgan fingerprint density at radius 2 is 1.76 bits per heavy atom. The molecule has 2 aromatic carbocycles. The summed E-state index contributed by atoms with van der Waals surface area (Å²) in [6.45, 7) is 4.09. The number of hydrogen-bond acceptors (Lipinski definition) is 3. The molecule has 29 heavy (non-hydrogen) atoms. The predicted molar refractivity (Wildman–Crippen MR) is 115 cm³/mol. The molecule has 1 atom stereocenters. The summed E-state index contributed by atoms with van der Waals surface area (Å²) >= 11 is 0. The molecule has 1 N–H and O–H groups in total. The molecule has 0 spiro atoms. The molecule has 0 radical (unpaired) electrons. The summed E-state index contributed by atoms with van der Waals surface area (Å²) in [7, 11) is 0. The van der Waals surface area contributed by atoms with Gasteiger partial charge in [0.25, 0.3) is 5.91 Å². The number of nitrogens with one attached hydrogen (secondary N) is 1. The third-order valence-electron chi connectivity index (χ3n) is 5.03. The summed E-state index contributed by atoms with van der Waals surface area (Å²) in [5.74, 6) is -0.129. The van der Waals surface area contributed by atoms with E-state index in [1.807, 2.05) is 78.2 Å². The summed E-state index contributed by atoms with van der Waals surface area (Å²) in [5.41, 5.74) is 5.16. The van der Waals surface area contributed by atoms with Crippen molar-refractivity contribution in [3.05, 3.63) is 89.7 Å². The second-order valence-corrected chi connectivity index (χ2v) is 7.14. The Morgan fingerprint density at radius 3 is 2.45 bits per heavy atom. The van der Waals surface area contributed by atoms with Gasteiger partial charge in [-0.2, -0.15) is 5.10 Å². The minimum Gasteiger partial charge on any atom is -0.345 e. The van der Waals surface area contributed by atoms with Gasteiger partial charge in [0.05, 0.1) is 23.0 Å². The van der Waals surface area contributed by atoms with Crippen molar-refractivity contribution < 1.29 is 4.79 Å². The summed E-state index contributed by atoms with van der Waals surface area (Å²) in [4.78, 5) is 17.6. The molecule has 0 aliphatic rings. The number of amides is 1. The molecule has 0 unspecified atom stereocenters. The second-order valence-electron chi connectivity index (χ2n) is 7.14. The fourth-order valence-corrected chi connectivity index (χ4v) is 3.50. The quantitative estimate of drug-likeness (QED) is 0.517. The van der Waals surface area contributed by atoms with Gasteiger partial charge in [0.15, 0.2) is 5.65 Å². The molecule has 2 heterocycles. The standard InChI is InChI=1S/C24H24N4O/c1-3-10-22-20(24(29)26-17(2)18-11-6-4-7-12-18)16-25-23-15-21(27-28(22)23)19-13-8-5-9-14-19/h4-9,11-17H,3,10H2,1-2H3,(H,26,29)/t17-/m0/s1. The third kappa shape index (κ3) is 3.90. The van der Waals surface area contributed by atoms with Crippen LogP contribution in [-0.2, 0) is 6.42 Å². The third-order valence-corrected chi connectivity index (χ3v) is 5.03. The maximum absolute atomic E-state index is 13.1. The number of nitrogens with zero attached hydrogens (tertiary/aromatic N) is 3. The van der Waals surface area contributed by atoms with Gasteiger partial charge in [-0.3, -0.25) is 4.79 Å². The summed E-state index contributed by atoms with van der Waals surface area (Å²) in [6.07, 6.45) is 3.33. The van der Waals surface area contributed by atoms with E-state index < -0.39 is 0 Å². The maximum atomic E-state index is 13.1. The zero-order valence-corrected chi connectivity index (χ0v) is 16.7. The van der Waals surface area contributed by atoms with Crippen molar-refractivity contribution in [2.24, 2.45) is 0 Å². The highest BCUT2D eigenvalue weighted by molar-refractivity contribution is 5.95. The van der Waals surface area contributed by atoms with Gasteiger partial charge in [-0.05, 0) is 18.9 Å². The van der Waals surface area contributed by atoms with Crippen molar-refractivity contribution in [2.45, 2.75) is 32.7 Å². The zero-order valence-electron chi connectivity index (χ0n) is 16.7. The Bertz CT molecular complexity index is 1120. The number of aryl methyl sites for hydroxylation is 1. The zero-order chi connectivity index (χ0) is 20.2. The van der Waals surface area contributed by atoms with E-state index in [1.165, 1.54) is 0 Å². The van der Waals surface area contributed by atoms with Crippen LogP contribution in [0.5, 0.6) is 0 Å². The Morgan fingerprint density at radius 1 is 1.07 bits per heavy atom. The van der Waals surface area contributed by atoms with Gasteiger partial charge in [0.1, 0.15) is 0 Å². The van der Waals surface area contributed by atoms with Crippen molar-refractivity contribution in [1.29, 1.82) is 0 Å². The highest BCUT2D eigenvalue weighted by Crippen LogP contribution is 2.22. The molecule has 5 heteroatoms. The van der Waals surface area contributed by atoms with Gasteiger partial charge in [-0.1, -0.05) is 74.0 Å². The number of carbonyl (C=O) groups is 1. The first-order chi connectivity index (χ1) is 14.2. The van der Waals surface area contributed by atoms with E-state index >= 15 is 0 Å². The molecular formula is C24H24N4O. The molecule has 0 bridgehead atoms. The normalized spacial score (nSPS) is 12.1. The van der Waals surface area contributed by atoms with Crippen LogP contribution in [0.15, 0.2) is 72.9 Å². The molecule has 0 aliphatic heterocycles. The van der Waals surface area contributed by atoms with Crippen molar-refractivity contribution >= 4 is 11.6 Å².